The van der Waals surface area contributed by atoms with Gasteiger partial charge in [0.25, 0.3) is 5.56 Å². The van der Waals surface area contributed by atoms with Crippen molar-refractivity contribution in [2.75, 3.05) is 38.2 Å². The molecule has 1 unspecified atom stereocenters. The fourth-order valence-corrected chi connectivity index (χ4v) is 4.05. The van der Waals surface area contributed by atoms with Gasteiger partial charge in [0, 0.05) is 26.2 Å². The number of H-pyrrole nitrogens is 1. The second-order valence-electron chi connectivity index (χ2n) is 7.09. The molecule has 1 aromatic heterocycles. The van der Waals surface area contributed by atoms with Crippen molar-refractivity contribution in [1.82, 2.24) is 14.9 Å². The Hall–Kier alpha value is -2.86. The average Bonchev–Trinajstić information content (AvgIpc) is 2.75. The Bertz CT molecular complexity index is 1010. The molecule has 0 spiro atoms. The number of piperazine rings is 1. The largest absolute Gasteiger partial charge is 0.495 e. The van der Waals surface area contributed by atoms with Crippen LogP contribution in [0.3, 0.4) is 0 Å². The number of hydrogen-bond acceptors (Lipinski definition) is 5. The van der Waals surface area contributed by atoms with E-state index in [2.05, 4.69) is 27.8 Å². The van der Waals surface area contributed by atoms with Gasteiger partial charge in [0.05, 0.1) is 29.7 Å². The van der Waals surface area contributed by atoms with Crippen LogP contribution < -0.4 is 15.2 Å². The van der Waals surface area contributed by atoms with E-state index in [1.807, 2.05) is 42.5 Å². The summed E-state index contributed by atoms with van der Waals surface area (Å²) < 4.78 is 5.51. The Morgan fingerprint density at radius 1 is 1.07 bits per heavy atom. The van der Waals surface area contributed by atoms with E-state index in [-0.39, 0.29) is 11.6 Å². The second-order valence-corrected chi connectivity index (χ2v) is 7.09. The van der Waals surface area contributed by atoms with Gasteiger partial charge >= 0.3 is 0 Å². The van der Waals surface area contributed by atoms with Crippen molar-refractivity contribution in [3.05, 3.63) is 64.7 Å². The van der Waals surface area contributed by atoms with Crippen molar-refractivity contribution in [2.24, 2.45) is 0 Å². The molecular formula is C22H26N4O2. The summed E-state index contributed by atoms with van der Waals surface area (Å²) in [6, 6.07) is 15.8. The molecule has 1 aliphatic rings. The predicted molar refractivity (Wildman–Crippen MR) is 112 cm³/mol. The second kappa shape index (κ2) is 8.02. The summed E-state index contributed by atoms with van der Waals surface area (Å²) in [7, 11) is 1.71. The molecule has 1 saturated heterocycles. The predicted octanol–water partition coefficient (Wildman–Crippen LogP) is 3.21. The Labute approximate surface area is 164 Å². The summed E-state index contributed by atoms with van der Waals surface area (Å²) in [4.78, 5) is 25.0. The zero-order chi connectivity index (χ0) is 19.5. The van der Waals surface area contributed by atoms with Crippen molar-refractivity contribution < 1.29 is 4.74 Å². The Balaban J connectivity index is 1.54. The molecule has 1 N–H and O–H groups in total. The zero-order valence-electron chi connectivity index (χ0n) is 16.4. The average molecular weight is 378 g/mol. The molecule has 3 aromatic rings. The van der Waals surface area contributed by atoms with Gasteiger partial charge in [-0.15, -0.1) is 0 Å². The Morgan fingerprint density at radius 2 is 1.79 bits per heavy atom. The van der Waals surface area contributed by atoms with Crippen LogP contribution in [0.4, 0.5) is 5.69 Å². The van der Waals surface area contributed by atoms with Gasteiger partial charge in [0.15, 0.2) is 0 Å². The van der Waals surface area contributed by atoms with Crippen molar-refractivity contribution in [2.45, 2.75) is 19.4 Å². The number of nitrogens with zero attached hydrogens (tertiary/aromatic N) is 3. The number of nitrogens with one attached hydrogen (secondary N) is 1. The molecule has 2 heterocycles. The van der Waals surface area contributed by atoms with Gasteiger partial charge in [0.1, 0.15) is 11.6 Å². The number of methoxy groups -OCH3 is 1. The SMILES string of the molecule is CCC(c1nc2ccccc2c(=O)[nH]1)N1CCN(c2ccccc2OC)CC1. The summed E-state index contributed by atoms with van der Waals surface area (Å²) in [6.07, 6.45) is 0.899. The smallest absolute Gasteiger partial charge is 0.258 e. The van der Waals surface area contributed by atoms with Crippen LogP contribution in [-0.4, -0.2) is 48.2 Å². The first-order valence-corrected chi connectivity index (χ1v) is 9.82. The van der Waals surface area contributed by atoms with Crippen molar-refractivity contribution in [1.29, 1.82) is 0 Å². The molecule has 6 nitrogen and oxygen atoms in total. The summed E-state index contributed by atoms with van der Waals surface area (Å²) in [6.45, 7) is 5.79. The third kappa shape index (κ3) is 3.47. The van der Waals surface area contributed by atoms with Crippen molar-refractivity contribution in [3.63, 3.8) is 0 Å². The summed E-state index contributed by atoms with van der Waals surface area (Å²) in [5, 5.41) is 0.641. The van der Waals surface area contributed by atoms with E-state index in [0.717, 1.165) is 55.4 Å². The minimum absolute atomic E-state index is 0.0632. The molecule has 6 heteroatoms. The van der Waals surface area contributed by atoms with Crippen LogP contribution in [-0.2, 0) is 0 Å². The lowest BCUT2D eigenvalue weighted by Gasteiger charge is -2.39. The molecule has 28 heavy (non-hydrogen) atoms. The first-order chi connectivity index (χ1) is 13.7. The molecular weight excluding hydrogens is 352 g/mol. The van der Waals surface area contributed by atoms with Crippen LogP contribution in [0.1, 0.15) is 25.2 Å². The van der Waals surface area contributed by atoms with Crippen LogP contribution in [0.15, 0.2) is 53.3 Å². The number of para-hydroxylation sites is 3. The quantitative estimate of drug-likeness (QED) is 0.739. The molecule has 1 atom stereocenters. The first kappa shape index (κ1) is 18.5. The van der Waals surface area contributed by atoms with E-state index >= 15 is 0 Å². The van der Waals surface area contributed by atoms with Crippen molar-refractivity contribution >= 4 is 16.6 Å². The number of aromatic amines is 1. The number of benzene rings is 2. The van der Waals surface area contributed by atoms with Gasteiger partial charge < -0.3 is 14.6 Å². The highest BCUT2D eigenvalue weighted by molar-refractivity contribution is 5.77. The molecule has 0 bridgehead atoms. The maximum Gasteiger partial charge on any atom is 0.258 e. The number of fused-ring (bicyclic) bond motifs is 1. The topological polar surface area (TPSA) is 61.5 Å². The van der Waals surface area contributed by atoms with Gasteiger partial charge in [-0.1, -0.05) is 31.2 Å². The van der Waals surface area contributed by atoms with Crippen molar-refractivity contribution in [3.8, 4) is 5.75 Å². The van der Waals surface area contributed by atoms with E-state index in [9.17, 15) is 4.79 Å². The van der Waals surface area contributed by atoms with E-state index in [4.69, 9.17) is 9.72 Å². The van der Waals surface area contributed by atoms with E-state index in [0.29, 0.717) is 5.39 Å². The maximum absolute atomic E-state index is 12.5. The molecule has 1 fully saturated rings. The number of rotatable bonds is 5. The summed E-state index contributed by atoms with van der Waals surface area (Å²) in [5.74, 6) is 1.67. The Kier molecular flexibility index (Phi) is 5.30. The lowest BCUT2D eigenvalue weighted by Crippen LogP contribution is -2.48. The molecule has 0 aliphatic carbocycles. The van der Waals surface area contributed by atoms with Crippen LogP contribution >= 0.6 is 0 Å². The summed E-state index contributed by atoms with van der Waals surface area (Å²) in [5.41, 5.74) is 1.83. The standard InChI is InChI=1S/C22H26N4O2/c1-3-18(21-23-17-9-5-4-8-16(17)22(27)24-21)25-12-14-26(15-13-25)19-10-6-7-11-20(19)28-2/h4-11,18H,3,12-15H2,1-2H3,(H,23,24,27). The molecule has 0 radical (unpaired) electrons. The van der Waals surface area contributed by atoms with E-state index in [1.165, 1.54) is 0 Å². The third-order valence-corrected chi connectivity index (χ3v) is 5.51. The molecule has 146 valence electrons. The fourth-order valence-electron chi connectivity index (χ4n) is 4.05. The number of aromatic nitrogens is 2. The Morgan fingerprint density at radius 3 is 2.54 bits per heavy atom. The maximum atomic E-state index is 12.5. The third-order valence-electron chi connectivity index (χ3n) is 5.51. The zero-order valence-corrected chi connectivity index (χ0v) is 16.4. The van der Waals surface area contributed by atoms with Crippen LogP contribution in [0, 0.1) is 0 Å². The minimum atomic E-state index is -0.0632. The van der Waals surface area contributed by atoms with Crippen LogP contribution in [0.5, 0.6) is 5.75 Å². The molecule has 0 saturated carbocycles. The van der Waals surface area contributed by atoms with Gasteiger partial charge in [-0.3, -0.25) is 9.69 Å². The van der Waals surface area contributed by atoms with E-state index < -0.39 is 0 Å². The highest BCUT2D eigenvalue weighted by atomic mass is 16.5. The van der Waals surface area contributed by atoms with Crippen LogP contribution in [0.25, 0.3) is 10.9 Å². The van der Waals surface area contributed by atoms with Crippen LogP contribution in [0.2, 0.25) is 0 Å². The van der Waals surface area contributed by atoms with Gasteiger partial charge in [-0.25, -0.2) is 4.98 Å². The lowest BCUT2D eigenvalue weighted by molar-refractivity contribution is 0.174. The molecule has 2 aromatic carbocycles. The number of hydrogen-bond donors (Lipinski definition) is 1. The lowest BCUT2D eigenvalue weighted by atomic mass is 10.1. The normalized spacial score (nSPS) is 16.3. The van der Waals surface area contributed by atoms with Gasteiger partial charge in [-0.2, -0.15) is 0 Å². The summed E-state index contributed by atoms with van der Waals surface area (Å²) >= 11 is 0. The molecule has 4 rings (SSSR count). The van der Waals surface area contributed by atoms with Gasteiger partial charge in [-0.05, 0) is 30.7 Å². The molecule has 0 amide bonds. The highest BCUT2D eigenvalue weighted by Crippen LogP contribution is 2.30. The fraction of sp³-hybridized carbons (Fsp3) is 0.364. The first-order valence-electron chi connectivity index (χ1n) is 9.82. The number of anilines is 1. The molecule has 1 aliphatic heterocycles. The van der Waals surface area contributed by atoms with Gasteiger partial charge in [0.2, 0.25) is 0 Å². The minimum Gasteiger partial charge on any atom is -0.495 e. The number of ether oxygens (including phenoxy) is 1. The van der Waals surface area contributed by atoms with E-state index in [1.54, 1.807) is 7.11 Å². The monoisotopic (exact) mass is 378 g/mol. The highest BCUT2D eigenvalue weighted by Gasteiger charge is 2.26.